The van der Waals surface area contributed by atoms with Gasteiger partial charge in [-0.25, -0.2) is 4.79 Å². The lowest BCUT2D eigenvalue weighted by Crippen LogP contribution is -2.00. The van der Waals surface area contributed by atoms with Gasteiger partial charge in [0, 0.05) is 11.1 Å². The summed E-state index contributed by atoms with van der Waals surface area (Å²) in [4.78, 5) is 14.6. The van der Waals surface area contributed by atoms with Crippen LogP contribution in [0, 0.1) is 6.92 Å². The second kappa shape index (κ2) is 4.48. The zero-order chi connectivity index (χ0) is 13.4. The highest BCUT2D eigenvalue weighted by Crippen LogP contribution is 2.29. The van der Waals surface area contributed by atoms with Crippen molar-refractivity contribution in [2.24, 2.45) is 0 Å². The molecule has 96 valence electrons. The summed E-state index contributed by atoms with van der Waals surface area (Å²) in [6.07, 6.45) is 0.909. The molecule has 0 radical (unpaired) electrons. The van der Waals surface area contributed by atoms with Crippen LogP contribution in [0.25, 0.3) is 10.9 Å². The summed E-state index contributed by atoms with van der Waals surface area (Å²) in [6.45, 7) is 8.26. The molecule has 1 aromatic heterocycles. The Labute approximate surface area is 107 Å². The predicted octanol–water partition coefficient (Wildman–Crippen LogP) is 3.86. The molecule has 0 spiro atoms. The standard InChI is InChI=1S/C15H19NO2/c1-5-11-9(4)16-14-12(11)6-10(8(2)3)7-13(14)15(17)18/h6-8,16H,5H2,1-4H3,(H,17,18). The number of carboxylic acid groups (broad SMARTS) is 1. The van der Waals surface area contributed by atoms with Gasteiger partial charge in [-0.2, -0.15) is 0 Å². The Morgan fingerprint density at radius 2 is 2.06 bits per heavy atom. The van der Waals surface area contributed by atoms with E-state index in [0.717, 1.165) is 28.6 Å². The van der Waals surface area contributed by atoms with Crippen molar-refractivity contribution in [2.75, 3.05) is 0 Å². The molecule has 0 aliphatic rings. The molecule has 3 nitrogen and oxygen atoms in total. The van der Waals surface area contributed by atoms with Crippen molar-refractivity contribution < 1.29 is 9.90 Å². The Hall–Kier alpha value is -1.77. The Bertz CT molecular complexity index is 608. The first-order valence-electron chi connectivity index (χ1n) is 6.34. The molecule has 1 aromatic carbocycles. The summed E-state index contributed by atoms with van der Waals surface area (Å²) in [5.41, 5.74) is 4.49. The van der Waals surface area contributed by atoms with Crippen molar-refractivity contribution in [3.63, 3.8) is 0 Å². The van der Waals surface area contributed by atoms with Crippen molar-refractivity contribution >= 4 is 16.9 Å². The number of hydrogen-bond donors (Lipinski definition) is 2. The van der Waals surface area contributed by atoms with Gasteiger partial charge in [-0.3, -0.25) is 0 Å². The normalized spacial score (nSPS) is 11.4. The lowest BCUT2D eigenvalue weighted by molar-refractivity contribution is 0.0698. The third-order valence-corrected chi connectivity index (χ3v) is 3.50. The number of aromatic carboxylic acids is 1. The molecule has 0 saturated heterocycles. The third kappa shape index (κ3) is 1.90. The molecule has 0 amide bonds. The highest BCUT2D eigenvalue weighted by Gasteiger charge is 2.17. The number of aromatic nitrogens is 1. The Balaban J connectivity index is 2.85. The van der Waals surface area contributed by atoms with Crippen molar-refractivity contribution in [3.8, 4) is 0 Å². The lowest BCUT2D eigenvalue weighted by Gasteiger charge is -2.08. The molecule has 0 aliphatic heterocycles. The fourth-order valence-electron chi connectivity index (χ4n) is 2.46. The quantitative estimate of drug-likeness (QED) is 0.862. The molecular formula is C15H19NO2. The summed E-state index contributed by atoms with van der Waals surface area (Å²) < 4.78 is 0. The number of fused-ring (bicyclic) bond motifs is 1. The average Bonchev–Trinajstić information content (AvgIpc) is 2.62. The third-order valence-electron chi connectivity index (χ3n) is 3.50. The van der Waals surface area contributed by atoms with Gasteiger partial charge >= 0.3 is 5.97 Å². The Morgan fingerprint density at radius 3 is 2.56 bits per heavy atom. The van der Waals surface area contributed by atoms with Gasteiger partial charge < -0.3 is 10.1 Å². The molecule has 0 unspecified atom stereocenters. The Kier molecular flexibility index (Phi) is 3.16. The molecule has 18 heavy (non-hydrogen) atoms. The van der Waals surface area contributed by atoms with E-state index >= 15 is 0 Å². The summed E-state index contributed by atoms with van der Waals surface area (Å²) in [5, 5.41) is 10.4. The van der Waals surface area contributed by atoms with Gasteiger partial charge in [0.25, 0.3) is 0 Å². The van der Waals surface area contributed by atoms with Crippen LogP contribution in [-0.4, -0.2) is 16.1 Å². The average molecular weight is 245 g/mol. The molecule has 3 heteroatoms. The van der Waals surface area contributed by atoms with Crippen LogP contribution in [0.2, 0.25) is 0 Å². The number of carboxylic acids is 1. The van der Waals surface area contributed by atoms with Gasteiger partial charge in [0.2, 0.25) is 0 Å². The maximum absolute atomic E-state index is 11.4. The van der Waals surface area contributed by atoms with E-state index in [1.807, 2.05) is 6.92 Å². The van der Waals surface area contributed by atoms with E-state index in [4.69, 9.17) is 0 Å². The van der Waals surface area contributed by atoms with Gasteiger partial charge in [-0.1, -0.05) is 20.8 Å². The molecule has 0 saturated carbocycles. The van der Waals surface area contributed by atoms with E-state index < -0.39 is 5.97 Å². The van der Waals surface area contributed by atoms with Crippen LogP contribution in [0.1, 0.15) is 53.9 Å². The van der Waals surface area contributed by atoms with Crippen LogP contribution in [0.4, 0.5) is 0 Å². The first-order valence-corrected chi connectivity index (χ1v) is 6.34. The minimum atomic E-state index is -0.869. The fourth-order valence-corrected chi connectivity index (χ4v) is 2.46. The molecule has 2 N–H and O–H groups in total. The highest BCUT2D eigenvalue weighted by molar-refractivity contribution is 6.04. The van der Waals surface area contributed by atoms with Crippen molar-refractivity contribution in [2.45, 2.75) is 40.0 Å². The van der Waals surface area contributed by atoms with Gasteiger partial charge in [0.15, 0.2) is 0 Å². The van der Waals surface area contributed by atoms with Crippen LogP contribution >= 0.6 is 0 Å². The summed E-state index contributed by atoms with van der Waals surface area (Å²) in [6, 6.07) is 3.90. The van der Waals surface area contributed by atoms with Crippen LogP contribution in [0.15, 0.2) is 12.1 Å². The lowest BCUT2D eigenvalue weighted by atomic mass is 9.96. The second-order valence-corrected chi connectivity index (χ2v) is 5.03. The van der Waals surface area contributed by atoms with Crippen LogP contribution in [0.3, 0.4) is 0 Å². The topological polar surface area (TPSA) is 53.1 Å². The molecule has 2 aromatic rings. The Morgan fingerprint density at radius 1 is 1.39 bits per heavy atom. The minimum Gasteiger partial charge on any atom is -0.478 e. The van der Waals surface area contributed by atoms with E-state index in [9.17, 15) is 9.90 Å². The van der Waals surface area contributed by atoms with Crippen LogP contribution in [-0.2, 0) is 6.42 Å². The van der Waals surface area contributed by atoms with Crippen LogP contribution in [0.5, 0.6) is 0 Å². The van der Waals surface area contributed by atoms with Gasteiger partial charge in [0.1, 0.15) is 0 Å². The number of aryl methyl sites for hydroxylation is 2. The number of benzene rings is 1. The number of H-pyrrole nitrogens is 1. The number of nitrogens with one attached hydrogen (secondary N) is 1. The molecule has 2 rings (SSSR count). The van der Waals surface area contributed by atoms with E-state index in [2.05, 4.69) is 31.8 Å². The summed E-state index contributed by atoms with van der Waals surface area (Å²) in [5.74, 6) is -0.543. The van der Waals surface area contributed by atoms with Crippen molar-refractivity contribution in [3.05, 3.63) is 34.5 Å². The largest absolute Gasteiger partial charge is 0.478 e. The number of rotatable bonds is 3. The number of carbonyl (C=O) groups is 1. The number of hydrogen-bond acceptors (Lipinski definition) is 1. The van der Waals surface area contributed by atoms with E-state index in [1.54, 1.807) is 6.07 Å². The zero-order valence-corrected chi connectivity index (χ0v) is 11.3. The maximum atomic E-state index is 11.4. The monoisotopic (exact) mass is 245 g/mol. The molecule has 0 atom stereocenters. The molecule has 0 aliphatic carbocycles. The molecule has 0 fully saturated rings. The van der Waals surface area contributed by atoms with Gasteiger partial charge in [0.05, 0.1) is 11.1 Å². The van der Waals surface area contributed by atoms with E-state index in [1.165, 1.54) is 5.56 Å². The van der Waals surface area contributed by atoms with Crippen molar-refractivity contribution in [1.29, 1.82) is 0 Å². The van der Waals surface area contributed by atoms with Crippen molar-refractivity contribution in [1.82, 2.24) is 4.98 Å². The fraction of sp³-hybridized carbons (Fsp3) is 0.400. The first kappa shape index (κ1) is 12.7. The SMILES string of the molecule is CCc1c(C)[nH]c2c(C(=O)O)cc(C(C)C)cc12. The minimum absolute atomic E-state index is 0.326. The smallest absolute Gasteiger partial charge is 0.337 e. The van der Waals surface area contributed by atoms with E-state index in [-0.39, 0.29) is 0 Å². The van der Waals surface area contributed by atoms with E-state index in [0.29, 0.717) is 11.5 Å². The molecular weight excluding hydrogens is 226 g/mol. The zero-order valence-electron chi connectivity index (χ0n) is 11.3. The second-order valence-electron chi connectivity index (χ2n) is 5.03. The number of aromatic amines is 1. The van der Waals surface area contributed by atoms with Crippen LogP contribution < -0.4 is 0 Å². The summed E-state index contributed by atoms with van der Waals surface area (Å²) >= 11 is 0. The highest BCUT2D eigenvalue weighted by atomic mass is 16.4. The molecule has 0 bridgehead atoms. The first-order chi connectivity index (χ1) is 8.45. The maximum Gasteiger partial charge on any atom is 0.337 e. The van der Waals surface area contributed by atoms with Gasteiger partial charge in [-0.05, 0) is 42.5 Å². The molecule has 1 heterocycles. The van der Waals surface area contributed by atoms with Gasteiger partial charge in [-0.15, -0.1) is 0 Å². The summed E-state index contributed by atoms with van der Waals surface area (Å²) in [7, 11) is 0. The predicted molar refractivity (Wildman–Crippen MR) is 73.5 cm³/mol.